The molecule has 0 saturated carbocycles. The first-order chi connectivity index (χ1) is 15.4. The first-order valence-electron chi connectivity index (χ1n) is 11.2. The van der Waals surface area contributed by atoms with Crippen molar-refractivity contribution in [3.63, 3.8) is 0 Å². The number of rotatable bonds is 5. The van der Waals surface area contributed by atoms with Crippen LogP contribution in [0.1, 0.15) is 6.42 Å². The zero-order valence-corrected chi connectivity index (χ0v) is 18.4. The Balaban J connectivity index is 1.11. The predicted molar refractivity (Wildman–Crippen MR) is 132 cm³/mol. The summed E-state index contributed by atoms with van der Waals surface area (Å²) in [6, 6.07) is 26.2. The van der Waals surface area contributed by atoms with Crippen LogP contribution in [-0.2, 0) is 6.54 Å². The van der Waals surface area contributed by atoms with E-state index in [1.165, 1.54) is 44.1 Å². The van der Waals surface area contributed by atoms with Crippen molar-refractivity contribution in [2.45, 2.75) is 13.0 Å². The molecule has 4 nitrogen and oxygen atoms in total. The molecule has 6 rings (SSSR count). The summed E-state index contributed by atoms with van der Waals surface area (Å²) in [6.45, 7) is 6.54. The fourth-order valence-electron chi connectivity index (χ4n) is 4.98. The van der Waals surface area contributed by atoms with E-state index in [1.807, 2.05) is 0 Å². The van der Waals surface area contributed by atoms with Gasteiger partial charge in [0.1, 0.15) is 5.82 Å². The highest BCUT2D eigenvalue weighted by atomic mass is 32.1. The van der Waals surface area contributed by atoms with Gasteiger partial charge in [0.25, 0.3) is 0 Å². The second kappa shape index (κ2) is 7.98. The van der Waals surface area contributed by atoms with Gasteiger partial charge in [-0.2, -0.15) is 4.37 Å². The summed E-state index contributed by atoms with van der Waals surface area (Å²) in [5.74, 6) is 1.17. The van der Waals surface area contributed by atoms with Gasteiger partial charge in [0.2, 0.25) is 0 Å². The molecule has 0 spiro atoms. The fourth-order valence-corrected chi connectivity index (χ4v) is 5.78. The average Bonchev–Trinajstić information content (AvgIpc) is 3.40. The van der Waals surface area contributed by atoms with Crippen LogP contribution in [0.25, 0.3) is 31.9 Å². The molecule has 2 aromatic heterocycles. The van der Waals surface area contributed by atoms with E-state index in [9.17, 15) is 0 Å². The second-order valence-corrected chi connectivity index (χ2v) is 9.18. The Morgan fingerprint density at radius 3 is 2.00 bits per heavy atom. The van der Waals surface area contributed by atoms with Crippen LogP contribution in [0.2, 0.25) is 0 Å². The molecular formula is C26H26N4S. The van der Waals surface area contributed by atoms with Gasteiger partial charge in [0.15, 0.2) is 0 Å². The van der Waals surface area contributed by atoms with E-state index in [4.69, 9.17) is 4.37 Å². The predicted octanol–water partition coefficient (Wildman–Crippen LogP) is 5.62. The number of fused-ring (bicyclic) bond motifs is 4. The van der Waals surface area contributed by atoms with Gasteiger partial charge in [-0.1, -0.05) is 48.5 Å². The van der Waals surface area contributed by atoms with Gasteiger partial charge in [-0.25, -0.2) is 0 Å². The highest BCUT2D eigenvalue weighted by molar-refractivity contribution is 7.13. The lowest BCUT2D eigenvalue weighted by Crippen LogP contribution is -2.46. The van der Waals surface area contributed by atoms with E-state index >= 15 is 0 Å². The van der Waals surface area contributed by atoms with Crippen LogP contribution in [0.5, 0.6) is 0 Å². The number of anilines is 1. The molecule has 0 aliphatic carbocycles. The van der Waals surface area contributed by atoms with E-state index in [0.29, 0.717) is 0 Å². The third kappa shape index (κ3) is 3.38. The maximum atomic E-state index is 4.74. The third-order valence-corrected chi connectivity index (χ3v) is 7.38. The first kappa shape index (κ1) is 18.8. The lowest BCUT2D eigenvalue weighted by molar-refractivity contribution is 0.251. The van der Waals surface area contributed by atoms with Gasteiger partial charge in [-0.05, 0) is 48.8 Å². The normalized spacial score (nSPS) is 15.4. The van der Waals surface area contributed by atoms with Crippen LogP contribution in [-0.4, -0.2) is 46.6 Å². The number of hydrogen-bond donors (Lipinski definition) is 0. The highest BCUT2D eigenvalue weighted by Gasteiger charge is 2.20. The van der Waals surface area contributed by atoms with Crippen molar-refractivity contribution in [1.82, 2.24) is 13.8 Å². The Bertz CT molecular complexity index is 1290. The van der Waals surface area contributed by atoms with Gasteiger partial charge in [0.05, 0.1) is 4.70 Å². The molecule has 1 fully saturated rings. The zero-order valence-electron chi connectivity index (χ0n) is 17.6. The average molecular weight is 427 g/mol. The van der Waals surface area contributed by atoms with Crippen LogP contribution in [0, 0.1) is 0 Å². The smallest absolute Gasteiger partial charge is 0.150 e. The molecule has 3 heterocycles. The fraction of sp³-hybridized carbons (Fsp3) is 0.269. The van der Waals surface area contributed by atoms with Gasteiger partial charge < -0.3 is 9.47 Å². The van der Waals surface area contributed by atoms with Crippen LogP contribution in [0.4, 0.5) is 5.82 Å². The molecule has 31 heavy (non-hydrogen) atoms. The lowest BCUT2D eigenvalue weighted by atomic mass is 10.2. The molecule has 5 aromatic rings. The maximum absolute atomic E-state index is 4.74. The summed E-state index contributed by atoms with van der Waals surface area (Å²) in [5.41, 5.74) is 2.70. The Labute approximate surface area is 186 Å². The van der Waals surface area contributed by atoms with Gasteiger partial charge in [-0.15, -0.1) is 0 Å². The van der Waals surface area contributed by atoms with Gasteiger partial charge in [0, 0.05) is 59.9 Å². The summed E-state index contributed by atoms with van der Waals surface area (Å²) in [7, 11) is 0. The standard InChI is InChI=1S/C26H26N4S/c1-4-11-23-20(8-1)21-9-2-5-12-24(21)30(23)15-7-14-28-16-18-29(19-17-28)26-22-10-3-6-13-25(22)31-27-26/h1-6,8-13H,7,14-19H2. The number of hydrogen-bond acceptors (Lipinski definition) is 4. The molecule has 1 saturated heterocycles. The molecule has 5 heteroatoms. The van der Waals surface area contributed by atoms with Crippen LogP contribution in [0.15, 0.2) is 72.8 Å². The monoisotopic (exact) mass is 426 g/mol. The maximum Gasteiger partial charge on any atom is 0.150 e. The molecule has 1 aliphatic heterocycles. The quantitative estimate of drug-likeness (QED) is 0.365. The number of benzene rings is 3. The SMILES string of the molecule is c1ccc2c(N3CCN(CCCn4c5ccccc5c5ccccc54)CC3)nsc2c1. The van der Waals surface area contributed by atoms with Crippen molar-refractivity contribution in [3.8, 4) is 0 Å². The molecular weight excluding hydrogens is 400 g/mol. The molecule has 1 aliphatic rings. The number of para-hydroxylation sites is 2. The summed E-state index contributed by atoms with van der Waals surface area (Å²) in [5, 5.41) is 4.02. The van der Waals surface area contributed by atoms with Crippen molar-refractivity contribution in [2.75, 3.05) is 37.6 Å². The summed E-state index contributed by atoms with van der Waals surface area (Å²) in [4.78, 5) is 5.07. The van der Waals surface area contributed by atoms with E-state index in [-0.39, 0.29) is 0 Å². The van der Waals surface area contributed by atoms with E-state index in [0.717, 1.165) is 39.3 Å². The molecule has 0 unspecified atom stereocenters. The number of aromatic nitrogens is 2. The molecule has 3 aromatic carbocycles. The highest BCUT2D eigenvalue weighted by Crippen LogP contribution is 2.30. The summed E-state index contributed by atoms with van der Waals surface area (Å²) < 4.78 is 8.53. The van der Waals surface area contributed by atoms with Crippen LogP contribution >= 0.6 is 11.5 Å². The molecule has 0 bridgehead atoms. The minimum absolute atomic E-state index is 1.06. The zero-order chi connectivity index (χ0) is 20.6. The van der Waals surface area contributed by atoms with Crippen molar-refractivity contribution in [3.05, 3.63) is 72.8 Å². The summed E-state index contributed by atoms with van der Waals surface area (Å²) >= 11 is 1.61. The minimum atomic E-state index is 1.06. The minimum Gasteiger partial charge on any atom is -0.353 e. The Kier molecular flexibility index (Phi) is 4.85. The Morgan fingerprint density at radius 1 is 0.677 bits per heavy atom. The molecule has 0 radical (unpaired) electrons. The van der Waals surface area contributed by atoms with Crippen molar-refractivity contribution in [1.29, 1.82) is 0 Å². The number of nitrogens with zero attached hydrogens (tertiary/aromatic N) is 4. The van der Waals surface area contributed by atoms with Gasteiger partial charge >= 0.3 is 0 Å². The lowest BCUT2D eigenvalue weighted by Gasteiger charge is -2.35. The van der Waals surface area contributed by atoms with Crippen molar-refractivity contribution in [2.24, 2.45) is 0 Å². The van der Waals surface area contributed by atoms with Crippen LogP contribution < -0.4 is 4.90 Å². The van der Waals surface area contributed by atoms with Crippen molar-refractivity contribution < 1.29 is 0 Å². The molecule has 156 valence electrons. The van der Waals surface area contributed by atoms with Crippen LogP contribution in [0.3, 0.4) is 0 Å². The third-order valence-electron chi connectivity index (χ3n) is 6.57. The summed E-state index contributed by atoms with van der Waals surface area (Å²) in [6.07, 6.45) is 1.17. The molecule has 0 amide bonds. The number of piperazine rings is 1. The van der Waals surface area contributed by atoms with Gasteiger partial charge in [-0.3, -0.25) is 4.90 Å². The molecule has 0 N–H and O–H groups in total. The topological polar surface area (TPSA) is 24.3 Å². The Hall–Kier alpha value is -2.89. The van der Waals surface area contributed by atoms with E-state index in [2.05, 4.69) is 87.2 Å². The van der Waals surface area contributed by atoms with E-state index in [1.54, 1.807) is 11.5 Å². The second-order valence-electron chi connectivity index (χ2n) is 8.37. The van der Waals surface area contributed by atoms with E-state index < -0.39 is 0 Å². The number of aryl methyl sites for hydroxylation is 1. The first-order valence-corrected chi connectivity index (χ1v) is 11.9. The van der Waals surface area contributed by atoms with Crippen molar-refractivity contribution >= 4 is 49.2 Å². The molecule has 0 atom stereocenters. The largest absolute Gasteiger partial charge is 0.353 e. The Morgan fingerprint density at radius 2 is 1.29 bits per heavy atom.